The van der Waals surface area contributed by atoms with Gasteiger partial charge in [0.2, 0.25) is 0 Å². The van der Waals surface area contributed by atoms with Crippen LogP contribution >= 0.6 is 0 Å². The van der Waals surface area contributed by atoms with Crippen LogP contribution < -0.4 is 11.3 Å². The van der Waals surface area contributed by atoms with Gasteiger partial charge in [0.05, 0.1) is 0 Å². The smallest absolute Gasteiger partial charge is 0.261 e. The van der Waals surface area contributed by atoms with Gasteiger partial charge in [0.15, 0.2) is 0 Å². The Labute approximate surface area is 106 Å². The van der Waals surface area contributed by atoms with Gasteiger partial charge in [0.1, 0.15) is 6.61 Å². The van der Waals surface area contributed by atoms with Gasteiger partial charge in [-0.1, -0.05) is 29.8 Å². The largest absolute Gasteiger partial charge is 0.375 e. The summed E-state index contributed by atoms with van der Waals surface area (Å²) in [7, 11) is 0. The molecule has 1 aromatic carbocycles. The van der Waals surface area contributed by atoms with E-state index in [2.05, 4.69) is 11.5 Å². The Bertz CT molecular complexity index is 348. The van der Waals surface area contributed by atoms with Gasteiger partial charge in [-0.2, -0.15) is 0 Å². The molecule has 0 radical (unpaired) electrons. The Morgan fingerprint density at radius 3 is 2.78 bits per heavy atom. The van der Waals surface area contributed by atoms with Gasteiger partial charge in [0.25, 0.3) is 6.43 Å². The fourth-order valence-electron chi connectivity index (χ4n) is 1.77. The Kier molecular flexibility index (Phi) is 6.78. The van der Waals surface area contributed by atoms with E-state index in [9.17, 15) is 8.78 Å². The summed E-state index contributed by atoms with van der Waals surface area (Å²) in [4.78, 5) is 0. The molecule has 3 nitrogen and oxygen atoms in total. The number of hydrazine groups is 1. The van der Waals surface area contributed by atoms with E-state index in [0.29, 0.717) is 6.42 Å². The molecule has 0 aliphatic carbocycles. The molecule has 0 bridgehead atoms. The molecular formula is C13H20F2N2O. The van der Waals surface area contributed by atoms with Gasteiger partial charge in [-0.15, -0.1) is 0 Å². The quantitative estimate of drug-likeness (QED) is 0.426. The molecule has 5 heteroatoms. The van der Waals surface area contributed by atoms with Crippen LogP contribution in [0.5, 0.6) is 0 Å². The maximum Gasteiger partial charge on any atom is 0.261 e. The molecule has 0 spiro atoms. The third kappa shape index (κ3) is 6.05. The van der Waals surface area contributed by atoms with E-state index in [4.69, 9.17) is 10.6 Å². The van der Waals surface area contributed by atoms with E-state index in [1.165, 1.54) is 11.1 Å². The number of alkyl halides is 2. The zero-order valence-electron chi connectivity index (χ0n) is 10.5. The molecule has 0 aliphatic heterocycles. The number of hydrogen-bond acceptors (Lipinski definition) is 3. The summed E-state index contributed by atoms with van der Waals surface area (Å²) < 4.78 is 28.6. The zero-order valence-corrected chi connectivity index (χ0v) is 10.5. The molecule has 0 amide bonds. The first-order chi connectivity index (χ1) is 8.61. The molecule has 1 aromatic rings. The zero-order chi connectivity index (χ0) is 13.4. The number of aryl methyl sites for hydroxylation is 1. The number of halogens is 2. The molecule has 0 saturated carbocycles. The van der Waals surface area contributed by atoms with E-state index in [0.717, 1.165) is 6.42 Å². The second-order valence-corrected chi connectivity index (χ2v) is 4.31. The lowest BCUT2D eigenvalue weighted by Crippen LogP contribution is -2.37. The van der Waals surface area contributed by atoms with Crippen molar-refractivity contribution < 1.29 is 13.5 Å². The van der Waals surface area contributed by atoms with Crippen molar-refractivity contribution in [2.45, 2.75) is 32.2 Å². The number of nitrogens with two attached hydrogens (primary N) is 1. The highest BCUT2D eigenvalue weighted by molar-refractivity contribution is 5.22. The second-order valence-electron chi connectivity index (χ2n) is 4.31. The molecule has 1 atom stereocenters. The molecule has 1 unspecified atom stereocenters. The Hall–Kier alpha value is -1.04. The number of ether oxygens (including phenoxy) is 1. The van der Waals surface area contributed by atoms with E-state index in [-0.39, 0.29) is 12.6 Å². The molecule has 0 heterocycles. The molecule has 0 aromatic heterocycles. The Balaban J connectivity index is 2.33. The SMILES string of the molecule is Cc1cccc(CC(CCOCC(F)F)NN)c1. The minimum atomic E-state index is -2.41. The number of hydrogen-bond donors (Lipinski definition) is 2. The van der Waals surface area contributed by atoms with Gasteiger partial charge < -0.3 is 4.74 Å². The van der Waals surface area contributed by atoms with Crippen LogP contribution in [0.4, 0.5) is 8.78 Å². The standard InChI is InChI=1S/C13H20F2N2O/c1-10-3-2-4-11(7-10)8-12(17-16)5-6-18-9-13(14)15/h2-4,7,12-13,17H,5-6,8-9,16H2,1H3. The Morgan fingerprint density at radius 1 is 1.39 bits per heavy atom. The number of nitrogens with one attached hydrogen (secondary N) is 1. The predicted molar refractivity (Wildman–Crippen MR) is 67.4 cm³/mol. The molecule has 0 aliphatic rings. The normalized spacial score (nSPS) is 12.9. The first-order valence-corrected chi connectivity index (χ1v) is 5.99. The summed E-state index contributed by atoms with van der Waals surface area (Å²) >= 11 is 0. The van der Waals surface area contributed by atoms with Crippen LogP contribution in [0, 0.1) is 6.92 Å². The average Bonchev–Trinajstić information content (AvgIpc) is 2.33. The Morgan fingerprint density at radius 2 is 2.17 bits per heavy atom. The van der Waals surface area contributed by atoms with Crippen molar-refractivity contribution in [2.75, 3.05) is 13.2 Å². The highest BCUT2D eigenvalue weighted by Crippen LogP contribution is 2.08. The monoisotopic (exact) mass is 258 g/mol. The van der Waals surface area contributed by atoms with Crippen molar-refractivity contribution in [2.24, 2.45) is 5.84 Å². The summed E-state index contributed by atoms with van der Waals surface area (Å²) in [5.74, 6) is 5.45. The highest BCUT2D eigenvalue weighted by Gasteiger charge is 2.09. The summed E-state index contributed by atoms with van der Waals surface area (Å²) in [5.41, 5.74) is 5.06. The van der Waals surface area contributed by atoms with Crippen LogP contribution in [0.25, 0.3) is 0 Å². The first kappa shape index (κ1) is 15.0. The van der Waals surface area contributed by atoms with Crippen molar-refractivity contribution in [1.29, 1.82) is 0 Å². The summed E-state index contributed by atoms with van der Waals surface area (Å²) in [5, 5.41) is 0. The van der Waals surface area contributed by atoms with Gasteiger partial charge >= 0.3 is 0 Å². The van der Waals surface area contributed by atoms with Crippen molar-refractivity contribution >= 4 is 0 Å². The van der Waals surface area contributed by atoms with Crippen LogP contribution in [-0.4, -0.2) is 25.7 Å². The molecule has 0 saturated heterocycles. The minimum absolute atomic E-state index is 0.0319. The lowest BCUT2D eigenvalue weighted by atomic mass is 10.0. The van der Waals surface area contributed by atoms with Gasteiger partial charge in [-0.05, 0) is 25.3 Å². The minimum Gasteiger partial charge on any atom is -0.375 e. The van der Waals surface area contributed by atoms with Crippen LogP contribution in [0.2, 0.25) is 0 Å². The summed E-state index contributed by atoms with van der Waals surface area (Å²) in [6.07, 6.45) is -1.04. The summed E-state index contributed by atoms with van der Waals surface area (Å²) in [6.45, 7) is 1.80. The van der Waals surface area contributed by atoms with E-state index < -0.39 is 13.0 Å². The van der Waals surface area contributed by atoms with Gasteiger partial charge in [-0.3, -0.25) is 11.3 Å². The molecule has 18 heavy (non-hydrogen) atoms. The van der Waals surface area contributed by atoms with Crippen LogP contribution in [-0.2, 0) is 11.2 Å². The molecule has 3 N–H and O–H groups in total. The van der Waals surface area contributed by atoms with Crippen molar-refractivity contribution in [3.8, 4) is 0 Å². The lowest BCUT2D eigenvalue weighted by Gasteiger charge is -2.16. The third-order valence-corrected chi connectivity index (χ3v) is 2.65. The first-order valence-electron chi connectivity index (χ1n) is 5.99. The van der Waals surface area contributed by atoms with Crippen molar-refractivity contribution in [1.82, 2.24) is 5.43 Å². The maximum atomic E-state index is 11.9. The fourth-order valence-corrected chi connectivity index (χ4v) is 1.77. The van der Waals surface area contributed by atoms with Crippen molar-refractivity contribution in [3.05, 3.63) is 35.4 Å². The lowest BCUT2D eigenvalue weighted by molar-refractivity contribution is 0.0144. The van der Waals surface area contributed by atoms with E-state index in [1.807, 2.05) is 25.1 Å². The molecule has 102 valence electrons. The number of rotatable bonds is 8. The topological polar surface area (TPSA) is 47.3 Å². The molecule has 0 fully saturated rings. The second kappa shape index (κ2) is 8.13. The van der Waals surface area contributed by atoms with Crippen molar-refractivity contribution in [3.63, 3.8) is 0 Å². The summed E-state index contributed by atoms with van der Waals surface area (Å²) in [6, 6.07) is 8.16. The molecule has 1 rings (SSSR count). The maximum absolute atomic E-state index is 11.9. The van der Waals surface area contributed by atoms with Crippen LogP contribution in [0.15, 0.2) is 24.3 Å². The fraction of sp³-hybridized carbons (Fsp3) is 0.538. The average molecular weight is 258 g/mol. The van der Waals surface area contributed by atoms with E-state index in [1.54, 1.807) is 0 Å². The van der Waals surface area contributed by atoms with Gasteiger partial charge in [-0.25, -0.2) is 8.78 Å². The number of benzene rings is 1. The van der Waals surface area contributed by atoms with E-state index >= 15 is 0 Å². The van der Waals surface area contributed by atoms with Crippen LogP contribution in [0.1, 0.15) is 17.5 Å². The third-order valence-electron chi connectivity index (χ3n) is 2.65. The predicted octanol–water partition coefficient (Wildman–Crippen LogP) is 2.04. The molecular weight excluding hydrogens is 238 g/mol. The highest BCUT2D eigenvalue weighted by atomic mass is 19.3. The van der Waals surface area contributed by atoms with Gasteiger partial charge in [0, 0.05) is 12.6 Å². The van der Waals surface area contributed by atoms with Crippen LogP contribution in [0.3, 0.4) is 0 Å².